The van der Waals surface area contributed by atoms with Gasteiger partial charge in [0.15, 0.2) is 0 Å². The number of ether oxygens (including phenoxy) is 1. The predicted octanol–water partition coefficient (Wildman–Crippen LogP) is 3.57. The molecule has 5 heteroatoms. The molecule has 3 rings (SSSR count). The number of benzene rings is 2. The van der Waals surface area contributed by atoms with Crippen molar-refractivity contribution in [2.75, 3.05) is 25.5 Å². The largest absolute Gasteiger partial charge is 0.497 e. The van der Waals surface area contributed by atoms with Gasteiger partial charge in [0.2, 0.25) is 0 Å². The van der Waals surface area contributed by atoms with Crippen LogP contribution >= 0.6 is 0 Å². The number of methoxy groups -OCH3 is 1. The summed E-state index contributed by atoms with van der Waals surface area (Å²) in [6.07, 6.45) is 3.23. The fraction of sp³-hybridized carbons (Fsp3) is 0.300. The van der Waals surface area contributed by atoms with Gasteiger partial charge in [0.25, 0.3) is 11.8 Å². The lowest BCUT2D eigenvalue weighted by Crippen LogP contribution is -2.36. The molecule has 2 aromatic rings. The first-order chi connectivity index (χ1) is 12.2. The summed E-state index contributed by atoms with van der Waals surface area (Å²) in [5, 5.41) is 2.86. The Bertz CT molecular complexity index is 767. The Balaban J connectivity index is 1.80. The number of para-hydroxylation sites is 1. The van der Waals surface area contributed by atoms with Gasteiger partial charge < -0.3 is 15.0 Å². The second kappa shape index (κ2) is 7.83. The normalized spacial score (nSPS) is 14.0. The van der Waals surface area contributed by atoms with Crippen molar-refractivity contribution < 1.29 is 14.3 Å². The maximum absolute atomic E-state index is 12.8. The summed E-state index contributed by atoms with van der Waals surface area (Å²) in [5.74, 6) is 0.323. The SMILES string of the molecule is COc1cccc(C(=O)Nc2ccccc2C(=O)N2CCCCC2)c1. The van der Waals surface area contributed by atoms with E-state index in [1.807, 2.05) is 17.0 Å². The molecule has 0 saturated carbocycles. The molecule has 0 bridgehead atoms. The molecule has 0 unspecified atom stereocenters. The Morgan fingerprint density at radius 1 is 1.00 bits per heavy atom. The molecule has 130 valence electrons. The van der Waals surface area contributed by atoms with Gasteiger partial charge in [0.05, 0.1) is 18.4 Å². The van der Waals surface area contributed by atoms with Crippen LogP contribution in [0.1, 0.15) is 40.0 Å². The van der Waals surface area contributed by atoms with Gasteiger partial charge in [-0.1, -0.05) is 18.2 Å². The maximum Gasteiger partial charge on any atom is 0.255 e. The van der Waals surface area contributed by atoms with Crippen LogP contribution in [0.4, 0.5) is 5.69 Å². The van der Waals surface area contributed by atoms with Gasteiger partial charge in [-0.05, 0) is 49.6 Å². The van der Waals surface area contributed by atoms with Crippen LogP contribution in [0.15, 0.2) is 48.5 Å². The zero-order chi connectivity index (χ0) is 17.6. The molecule has 0 atom stereocenters. The average Bonchev–Trinajstić information content (AvgIpc) is 2.68. The third kappa shape index (κ3) is 3.99. The molecule has 1 aliphatic rings. The molecular formula is C20H22N2O3. The lowest BCUT2D eigenvalue weighted by Gasteiger charge is -2.27. The van der Waals surface area contributed by atoms with E-state index in [1.165, 1.54) is 0 Å². The van der Waals surface area contributed by atoms with E-state index in [1.54, 1.807) is 43.5 Å². The summed E-state index contributed by atoms with van der Waals surface area (Å²) in [6.45, 7) is 1.55. The lowest BCUT2D eigenvalue weighted by atomic mass is 10.1. The summed E-state index contributed by atoms with van der Waals surface area (Å²) < 4.78 is 5.16. The van der Waals surface area contributed by atoms with E-state index < -0.39 is 0 Å². The van der Waals surface area contributed by atoms with Gasteiger partial charge >= 0.3 is 0 Å². The van der Waals surface area contributed by atoms with E-state index in [0.717, 1.165) is 32.4 Å². The zero-order valence-electron chi connectivity index (χ0n) is 14.3. The third-order valence-electron chi connectivity index (χ3n) is 4.38. The van der Waals surface area contributed by atoms with E-state index in [-0.39, 0.29) is 11.8 Å². The predicted molar refractivity (Wildman–Crippen MR) is 97.1 cm³/mol. The number of hydrogen-bond donors (Lipinski definition) is 1. The Hall–Kier alpha value is -2.82. The molecule has 1 fully saturated rings. The van der Waals surface area contributed by atoms with Gasteiger partial charge in [0, 0.05) is 18.7 Å². The van der Waals surface area contributed by atoms with Crippen molar-refractivity contribution >= 4 is 17.5 Å². The second-order valence-corrected chi connectivity index (χ2v) is 6.08. The quantitative estimate of drug-likeness (QED) is 0.927. The van der Waals surface area contributed by atoms with Crippen molar-refractivity contribution in [3.63, 3.8) is 0 Å². The molecule has 0 aromatic heterocycles. The van der Waals surface area contributed by atoms with Crippen LogP contribution < -0.4 is 10.1 Å². The number of carbonyl (C=O) groups is 2. The molecule has 2 aromatic carbocycles. The summed E-state index contributed by atoms with van der Waals surface area (Å²) in [6, 6.07) is 14.1. The Morgan fingerprint density at radius 2 is 1.76 bits per heavy atom. The molecule has 1 N–H and O–H groups in total. The second-order valence-electron chi connectivity index (χ2n) is 6.08. The van der Waals surface area contributed by atoms with Crippen LogP contribution in [0.2, 0.25) is 0 Å². The first kappa shape index (κ1) is 17.0. The molecule has 0 aliphatic carbocycles. The minimum Gasteiger partial charge on any atom is -0.497 e. The summed E-state index contributed by atoms with van der Waals surface area (Å²) in [4.78, 5) is 27.2. The fourth-order valence-electron chi connectivity index (χ4n) is 3.00. The highest BCUT2D eigenvalue weighted by molar-refractivity contribution is 6.09. The highest BCUT2D eigenvalue weighted by Gasteiger charge is 2.21. The van der Waals surface area contributed by atoms with Crippen LogP contribution in [0, 0.1) is 0 Å². The smallest absolute Gasteiger partial charge is 0.255 e. The van der Waals surface area contributed by atoms with Crippen LogP contribution in [-0.2, 0) is 0 Å². The van der Waals surface area contributed by atoms with Crippen LogP contribution in [0.5, 0.6) is 5.75 Å². The van der Waals surface area contributed by atoms with Crippen LogP contribution in [-0.4, -0.2) is 36.9 Å². The summed E-state index contributed by atoms with van der Waals surface area (Å²) in [7, 11) is 1.56. The molecule has 0 radical (unpaired) electrons. The molecule has 1 aliphatic heterocycles. The van der Waals surface area contributed by atoms with Gasteiger partial charge in [0.1, 0.15) is 5.75 Å². The van der Waals surface area contributed by atoms with Gasteiger partial charge in [-0.25, -0.2) is 0 Å². The number of nitrogens with one attached hydrogen (secondary N) is 1. The molecule has 0 spiro atoms. The van der Waals surface area contributed by atoms with Gasteiger partial charge in [-0.2, -0.15) is 0 Å². The van der Waals surface area contributed by atoms with Crippen molar-refractivity contribution in [1.29, 1.82) is 0 Å². The standard InChI is InChI=1S/C20H22N2O3/c1-25-16-9-7-8-15(14-16)19(23)21-18-11-4-3-10-17(18)20(24)22-12-5-2-6-13-22/h3-4,7-11,14H,2,5-6,12-13H2,1H3,(H,21,23). The van der Waals surface area contributed by atoms with Crippen molar-refractivity contribution in [3.05, 3.63) is 59.7 Å². The van der Waals surface area contributed by atoms with E-state index in [2.05, 4.69) is 5.32 Å². The van der Waals surface area contributed by atoms with Gasteiger partial charge in [-0.3, -0.25) is 9.59 Å². The minimum atomic E-state index is -0.266. The van der Waals surface area contributed by atoms with Crippen LogP contribution in [0.3, 0.4) is 0 Å². The van der Waals surface area contributed by atoms with Crippen molar-refractivity contribution in [2.24, 2.45) is 0 Å². The van der Waals surface area contributed by atoms with E-state index in [4.69, 9.17) is 4.74 Å². The number of anilines is 1. The number of amides is 2. The zero-order valence-corrected chi connectivity index (χ0v) is 14.3. The molecule has 1 heterocycles. The Morgan fingerprint density at radius 3 is 2.52 bits per heavy atom. The first-order valence-corrected chi connectivity index (χ1v) is 8.53. The monoisotopic (exact) mass is 338 g/mol. The lowest BCUT2D eigenvalue weighted by molar-refractivity contribution is 0.0725. The first-order valence-electron chi connectivity index (χ1n) is 8.53. The van der Waals surface area contributed by atoms with Crippen molar-refractivity contribution in [3.8, 4) is 5.75 Å². The van der Waals surface area contributed by atoms with Gasteiger partial charge in [-0.15, -0.1) is 0 Å². The average molecular weight is 338 g/mol. The number of piperidine rings is 1. The number of rotatable bonds is 4. The highest BCUT2D eigenvalue weighted by Crippen LogP contribution is 2.21. The number of hydrogen-bond acceptors (Lipinski definition) is 3. The summed E-state index contributed by atoms with van der Waals surface area (Å²) in [5.41, 5.74) is 1.55. The number of carbonyl (C=O) groups excluding carboxylic acids is 2. The minimum absolute atomic E-state index is 0.0266. The Labute approximate surface area is 147 Å². The number of likely N-dealkylation sites (tertiary alicyclic amines) is 1. The topological polar surface area (TPSA) is 58.6 Å². The van der Waals surface area contributed by atoms with E-state index in [9.17, 15) is 9.59 Å². The third-order valence-corrected chi connectivity index (χ3v) is 4.38. The number of nitrogens with zero attached hydrogens (tertiary/aromatic N) is 1. The Kier molecular flexibility index (Phi) is 5.33. The molecule has 25 heavy (non-hydrogen) atoms. The molecule has 2 amide bonds. The fourth-order valence-corrected chi connectivity index (χ4v) is 3.00. The summed E-state index contributed by atoms with van der Waals surface area (Å²) >= 11 is 0. The van der Waals surface area contributed by atoms with E-state index >= 15 is 0 Å². The van der Waals surface area contributed by atoms with Crippen molar-refractivity contribution in [2.45, 2.75) is 19.3 Å². The van der Waals surface area contributed by atoms with Crippen molar-refractivity contribution in [1.82, 2.24) is 4.90 Å². The maximum atomic E-state index is 12.8. The molecule has 1 saturated heterocycles. The molecular weight excluding hydrogens is 316 g/mol. The molecule has 5 nitrogen and oxygen atoms in total. The van der Waals surface area contributed by atoms with E-state index in [0.29, 0.717) is 22.6 Å². The van der Waals surface area contributed by atoms with Crippen LogP contribution in [0.25, 0.3) is 0 Å². The highest BCUT2D eigenvalue weighted by atomic mass is 16.5.